The van der Waals surface area contributed by atoms with Gasteiger partial charge in [-0.15, -0.1) is 0 Å². The molecule has 30 heavy (non-hydrogen) atoms. The van der Waals surface area contributed by atoms with Crippen LogP contribution >= 0.6 is 15.9 Å². The highest BCUT2D eigenvalue weighted by atomic mass is 79.9. The minimum atomic E-state index is -0.927. The molecule has 3 amide bonds. The van der Waals surface area contributed by atoms with Gasteiger partial charge in [0.05, 0.1) is 17.5 Å². The summed E-state index contributed by atoms with van der Waals surface area (Å²) in [6.07, 6.45) is 6.74. The number of amides is 3. The molecule has 0 spiro atoms. The molecule has 0 radical (unpaired) electrons. The normalized spacial score (nSPS) is 14.3. The van der Waals surface area contributed by atoms with E-state index >= 15 is 0 Å². The fourth-order valence-electron chi connectivity index (χ4n) is 3.28. The van der Waals surface area contributed by atoms with E-state index < -0.39 is 11.8 Å². The van der Waals surface area contributed by atoms with Crippen molar-refractivity contribution in [1.82, 2.24) is 10.7 Å². The van der Waals surface area contributed by atoms with Gasteiger partial charge >= 0.3 is 11.8 Å². The Morgan fingerprint density at radius 2 is 1.73 bits per heavy atom. The molecule has 7 nitrogen and oxygen atoms in total. The van der Waals surface area contributed by atoms with Gasteiger partial charge in [-0.3, -0.25) is 14.4 Å². The second-order valence-electron chi connectivity index (χ2n) is 7.06. The van der Waals surface area contributed by atoms with E-state index in [1.807, 2.05) is 24.3 Å². The SMILES string of the molecule is O=C(N/N=C\c1cccc(Br)c1)C(=O)Nc1ccccc1C(=O)NC1CCCCC1. The molecule has 0 bridgehead atoms. The number of nitrogens with zero attached hydrogens (tertiary/aromatic N) is 1. The van der Waals surface area contributed by atoms with Crippen LogP contribution in [-0.2, 0) is 9.59 Å². The Hall–Kier alpha value is -3.00. The molecule has 2 aromatic rings. The van der Waals surface area contributed by atoms with Gasteiger partial charge < -0.3 is 10.6 Å². The lowest BCUT2D eigenvalue weighted by atomic mass is 9.95. The average Bonchev–Trinajstić information content (AvgIpc) is 2.74. The van der Waals surface area contributed by atoms with Crippen LogP contribution in [0.4, 0.5) is 5.69 Å². The van der Waals surface area contributed by atoms with Gasteiger partial charge in [0.2, 0.25) is 0 Å². The fraction of sp³-hybridized carbons (Fsp3) is 0.273. The third-order valence-corrected chi connectivity index (χ3v) is 5.29. The Kier molecular flexibility index (Phi) is 7.73. The third-order valence-electron chi connectivity index (χ3n) is 4.79. The van der Waals surface area contributed by atoms with Crippen molar-refractivity contribution in [3.8, 4) is 0 Å². The molecule has 1 aliphatic rings. The summed E-state index contributed by atoms with van der Waals surface area (Å²) in [6, 6.07) is 14.1. The summed E-state index contributed by atoms with van der Waals surface area (Å²) in [5.41, 5.74) is 3.55. The van der Waals surface area contributed by atoms with Crippen molar-refractivity contribution in [3.05, 3.63) is 64.1 Å². The van der Waals surface area contributed by atoms with E-state index in [0.29, 0.717) is 5.56 Å². The summed E-state index contributed by atoms with van der Waals surface area (Å²) in [6.45, 7) is 0. The van der Waals surface area contributed by atoms with Gasteiger partial charge in [0.15, 0.2) is 0 Å². The molecular formula is C22H23BrN4O3. The Balaban J connectivity index is 1.59. The number of hydrogen-bond donors (Lipinski definition) is 3. The van der Waals surface area contributed by atoms with Crippen molar-refractivity contribution < 1.29 is 14.4 Å². The first-order valence-corrected chi connectivity index (χ1v) is 10.6. The van der Waals surface area contributed by atoms with Gasteiger partial charge in [-0.05, 0) is 42.7 Å². The summed E-state index contributed by atoms with van der Waals surface area (Å²) < 4.78 is 0.874. The summed E-state index contributed by atoms with van der Waals surface area (Å²) in [4.78, 5) is 36.9. The van der Waals surface area contributed by atoms with Crippen LogP contribution in [0, 0.1) is 0 Å². The number of rotatable bonds is 5. The molecule has 1 aliphatic carbocycles. The maximum atomic E-state index is 12.7. The van der Waals surface area contributed by atoms with Crippen molar-refractivity contribution in [3.63, 3.8) is 0 Å². The van der Waals surface area contributed by atoms with E-state index in [4.69, 9.17) is 0 Å². The number of nitrogens with one attached hydrogen (secondary N) is 3. The Morgan fingerprint density at radius 1 is 0.967 bits per heavy atom. The lowest BCUT2D eigenvalue weighted by molar-refractivity contribution is -0.136. The summed E-state index contributed by atoms with van der Waals surface area (Å²) in [7, 11) is 0. The predicted octanol–water partition coefficient (Wildman–Crippen LogP) is 3.60. The number of anilines is 1. The van der Waals surface area contributed by atoms with E-state index in [0.717, 1.165) is 35.7 Å². The molecule has 156 valence electrons. The maximum absolute atomic E-state index is 12.7. The predicted molar refractivity (Wildman–Crippen MR) is 119 cm³/mol. The van der Waals surface area contributed by atoms with Crippen LogP contribution in [0.1, 0.15) is 48.0 Å². The third kappa shape index (κ3) is 6.25. The van der Waals surface area contributed by atoms with Gasteiger partial charge in [-0.2, -0.15) is 5.10 Å². The fourth-order valence-corrected chi connectivity index (χ4v) is 3.70. The second kappa shape index (κ2) is 10.7. The van der Waals surface area contributed by atoms with E-state index in [1.165, 1.54) is 12.6 Å². The molecule has 0 atom stereocenters. The highest BCUT2D eigenvalue weighted by Gasteiger charge is 2.20. The Bertz CT molecular complexity index is 955. The van der Waals surface area contributed by atoms with Gasteiger partial charge in [0, 0.05) is 10.5 Å². The second-order valence-corrected chi connectivity index (χ2v) is 7.98. The van der Waals surface area contributed by atoms with Gasteiger partial charge in [0.25, 0.3) is 5.91 Å². The summed E-state index contributed by atoms with van der Waals surface area (Å²) >= 11 is 3.35. The van der Waals surface area contributed by atoms with Gasteiger partial charge in [-0.1, -0.05) is 59.5 Å². The first-order chi connectivity index (χ1) is 14.5. The van der Waals surface area contributed by atoms with Crippen LogP contribution in [0.25, 0.3) is 0 Å². The Labute approximate surface area is 183 Å². The van der Waals surface area contributed by atoms with Crippen LogP contribution in [0.3, 0.4) is 0 Å². The summed E-state index contributed by atoms with van der Waals surface area (Å²) in [5, 5.41) is 9.30. The number of halogens is 1. The van der Waals surface area contributed by atoms with Crippen LogP contribution in [-0.4, -0.2) is 30.0 Å². The first-order valence-electron chi connectivity index (χ1n) is 9.83. The first kappa shape index (κ1) is 21.7. The zero-order valence-electron chi connectivity index (χ0n) is 16.4. The molecule has 0 aliphatic heterocycles. The quantitative estimate of drug-likeness (QED) is 0.353. The zero-order chi connectivity index (χ0) is 21.3. The van der Waals surface area contributed by atoms with E-state index in [-0.39, 0.29) is 17.6 Å². The molecule has 0 unspecified atom stereocenters. The van der Waals surface area contributed by atoms with Crippen LogP contribution in [0.5, 0.6) is 0 Å². The Morgan fingerprint density at radius 3 is 2.50 bits per heavy atom. The molecule has 2 aromatic carbocycles. The van der Waals surface area contributed by atoms with E-state index in [1.54, 1.807) is 24.3 Å². The lowest BCUT2D eigenvalue weighted by Crippen LogP contribution is -2.37. The number of benzene rings is 2. The maximum Gasteiger partial charge on any atom is 0.329 e. The van der Waals surface area contributed by atoms with Crippen LogP contribution in [0.2, 0.25) is 0 Å². The molecule has 1 saturated carbocycles. The van der Waals surface area contributed by atoms with E-state index in [9.17, 15) is 14.4 Å². The topological polar surface area (TPSA) is 99.7 Å². The minimum absolute atomic E-state index is 0.144. The van der Waals surface area contributed by atoms with Gasteiger partial charge in [0.1, 0.15) is 0 Å². The zero-order valence-corrected chi connectivity index (χ0v) is 17.9. The average molecular weight is 471 g/mol. The lowest BCUT2D eigenvalue weighted by Gasteiger charge is -2.23. The largest absolute Gasteiger partial charge is 0.349 e. The molecule has 8 heteroatoms. The monoisotopic (exact) mass is 470 g/mol. The van der Waals surface area contributed by atoms with Crippen LogP contribution < -0.4 is 16.1 Å². The van der Waals surface area contributed by atoms with Crippen molar-refractivity contribution in [2.24, 2.45) is 5.10 Å². The molecule has 3 rings (SSSR count). The number of hydrogen-bond acceptors (Lipinski definition) is 4. The molecule has 0 heterocycles. The highest BCUT2D eigenvalue weighted by Crippen LogP contribution is 2.20. The van der Waals surface area contributed by atoms with Crippen LogP contribution in [0.15, 0.2) is 58.1 Å². The smallest absolute Gasteiger partial charge is 0.329 e. The van der Waals surface area contributed by atoms with Crippen molar-refractivity contribution in [1.29, 1.82) is 0 Å². The van der Waals surface area contributed by atoms with Crippen molar-refractivity contribution in [2.45, 2.75) is 38.1 Å². The number of hydrazone groups is 1. The highest BCUT2D eigenvalue weighted by molar-refractivity contribution is 9.10. The summed E-state index contributed by atoms with van der Waals surface area (Å²) in [5.74, 6) is -2.09. The van der Waals surface area contributed by atoms with Gasteiger partial charge in [-0.25, -0.2) is 5.43 Å². The molecular weight excluding hydrogens is 448 g/mol. The standard InChI is InChI=1S/C22H23BrN4O3/c23-16-8-6-7-15(13-16)14-24-27-22(30)21(29)26-19-12-5-4-11-18(19)20(28)25-17-9-2-1-3-10-17/h4-8,11-14,17H,1-3,9-10H2,(H,25,28)(H,26,29)(H,27,30)/b24-14-. The molecule has 0 saturated heterocycles. The van der Waals surface area contributed by atoms with Crippen molar-refractivity contribution in [2.75, 3.05) is 5.32 Å². The molecule has 0 aromatic heterocycles. The number of carbonyl (C=O) groups is 3. The molecule has 1 fully saturated rings. The van der Waals surface area contributed by atoms with Crippen molar-refractivity contribution >= 4 is 45.6 Å². The minimum Gasteiger partial charge on any atom is -0.349 e. The molecule has 3 N–H and O–H groups in total. The van der Waals surface area contributed by atoms with E-state index in [2.05, 4.69) is 37.1 Å². The number of carbonyl (C=O) groups excluding carboxylic acids is 3. The number of para-hydroxylation sites is 1.